The van der Waals surface area contributed by atoms with Gasteiger partial charge in [-0.2, -0.15) is 9.61 Å². The standard InChI is InChI=1S/C23H25N5/c1-16-21(18-10-6-5-7-11-18)22-26-19(23(2,3)4)13-20(28(22)27-16)25-15-17-9-8-12-24-14-17/h5-14,25H,15H2,1-4H3. The average Bonchev–Trinajstić information content (AvgIpc) is 3.03. The van der Waals surface area contributed by atoms with Crippen molar-refractivity contribution in [2.24, 2.45) is 0 Å². The van der Waals surface area contributed by atoms with Crippen LogP contribution in [0.4, 0.5) is 5.82 Å². The first kappa shape index (κ1) is 18.2. The summed E-state index contributed by atoms with van der Waals surface area (Å²) in [7, 11) is 0. The number of anilines is 1. The molecular weight excluding hydrogens is 346 g/mol. The number of benzene rings is 1. The van der Waals surface area contributed by atoms with Crippen molar-refractivity contribution in [3.05, 3.63) is 77.9 Å². The Labute approximate surface area is 165 Å². The summed E-state index contributed by atoms with van der Waals surface area (Å²) in [6, 6.07) is 16.5. The third kappa shape index (κ3) is 3.48. The number of nitrogens with zero attached hydrogens (tertiary/aromatic N) is 4. The molecule has 0 spiro atoms. The highest BCUT2D eigenvalue weighted by Crippen LogP contribution is 2.31. The van der Waals surface area contributed by atoms with Crippen LogP contribution >= 0.6 is 0 Å². The molecule has 0 aliphatic rings. The molecule has 1 aromatic carbocycles. The van der Waals surface area contributed by atoms with Crippen LogP contribution < -0.4 is 5.32 Å². The Balaban J connectivity index is 1.86. The molecule has 0 saturated carbocycles. The van der Waals surface area contributed by atoms with Gasteiger partial charge in [0.1, 0.15) is 5.82 Å². The van der Waals surface area contributed by atoms with Gasteiger partial charge in [-0.15, -0.1) is 0 Å². The molecule has 4 aromatic rings. The van der Waals surface area contributed by atoms with Crippen molar-refractivity contribution in [1.29, 1.82) is 0 Å². The molecule has 5 heteroatoms. The first-order valence-electron chi connectivity index (χ1n) is 9.52. The molecule has 0 amide bonds. The first-order valence-corrected chi connectivity index (χ1v) is 9.52. The van der Waals surface area contributed by atoms with E-state index in [9.17, 15) is 0 Å². The van der Waals surface area contributed by atoms with Crippen LogP contribution in [0.2, 0.25) is 0 Å². The second kappa shape index (κ2) is 7.08. The molecule has 142 valence electrons. The van der Waals surface area contributed by atoms with Crippen LogP contribution in [0.25, 0.3) is 16.8 Å². The number of hydrogen-bond acceptors (Lipinski definition) is 4. The maximum Gasteiger partial charge on any atom is 0.165 e. The Kier molecular flexibility index (Phi) is 4.59. The van der Waals surface area contributed by atoms with Crippen molar-refractivity contribution >= 4 is 11.5 Å². The zero-order valence-electron chi connectivity index (χ0n) is 16.8. The normalized spacial score (nSPS) is 11.7. The molecule has 5 nitrogen and oxygen atoms in total. The van der Waals surface area contributed by atoms with E-state index in [0.29, 0.717) is 6.54 Å². The summed E-state index contributed by atoms with van der Waals surface area (Å²) in [5.41, 5.74) is 6.14. The third-order valence-electron chi connectivity index (χ3n) is 4.79. The average molecular weight is 371 g/mol. The van der Waals surface area contributed by atoms with Crippen molar-refractivity contribution in [2.75, 3.05) is 5.32 Å². The number of nitrogens with one attached hydrogen (secondary N) is 1. The molecule has 1 N–H and O–H groups in total. The number of hydrogen-bond donors (Lipinski definition) is 1. The predicted octanol–water partition coefficient (Wildman–Crippen LogP) is 5.01. The van der Waals surface area contributed by atoms with Gasteiger partial charge in [0.15, 0.2) is 5.65 Å². The predicted molar refractivity (Wildman–Crippen MR) is 113 cm³/mol. The highest BCUT2D eigenvalue weighted by Gasteiger charge is 2.22. The minimum absolute atomic E-state index is 0.0708. The number of fused-ring (bicyclic) bond motifs is 1. The molecule has 0 fully saturated rings. The Morgan fingerprint density at radius 3 is 2.50 bits per heavy atom. The van der Waals surface area contributed by atoms with Gasteiger partial charge in [-0.05, 0) is 24.1 Å². The van der Waals surface area contributed by atoms with E-state index >= 15 is 0 Å². The molecule has 0 bridgehead atoms. The van der Waals surface area contributed by atoms with E-state index in [4.69, 9.17) is 10.1 Å². The van der Waals surface area contributed by atoms with Gasteiger partial charge in [-0.1, -0.05) is 57.2 Å². The van der Waals surface area contributed by atoms with E-state index in [-0.39, 0.29) is 5.41 Å². The lowest BCUT2D eigenvalue weighted by Crippen LogP contribution is -2.16. The molecule has 0 aliphatic carbocycles. The molecule has 3 heterocycles. The molecule has 0 atom stereocenters. The second-order valence-corrected chi connectivity index (χ2v) is 8.05. The summed E-state index contributed by atoms with van der Waals surface area (Å²) in [5, 5.41) is 8.33. The van der Waals surface area contributed by atoms with E-state index in [2.05, 4.69) is 55.3 Å². The highest BCUT2D eigenvalue weighted by atomic mass is 15.3. The van der Waals surface area contributed by atoms with Gasteiger partial charge in [0.2, 0.25) is 0 Å². The topological polar surface area (TPSA) is 55.1 Å². The summed E-state index contributed by atoms with van der Waals surface area (Å²) in [5.74, 6) is 0.934. The van der Waals surface area contributed by atoms with Gasteiger partial charge in [-0.25, -0.2) is 4.98 Å². The fourth-order valence-corrected chi connectivity index (χ4v) is 3.27. The van der Waals surface area contributed by atoms with Crippen molar-refractivity contribution in [1.82, 2.24) is 19.6 Å². The lowest BCUT2D eigenvalue weighted by molar-refractivity contribution is 0.568. The number of aryl methyl sites for hydroxylation is 1. The summed E-state index contributed by atoms with van der Waals surface area (Å²) < 4.78 is 1.92. The Bertz CT molecular complexity index is 1090. The minimum atomic E-state index is -0.0708. The minimum Gasteiger partial charge on any atom is -0.366 e. The quantitative estimate of drug-likeness (QED) is 0.548. The van der Waals surface area contributed by atoms with Crippen molar-refractivity contribution in [2.45, 2.75) is 39.7 Å². The molecule has 3 aromatic heterocycles. The van der Waals surface area contributed by atoms with Crippen molar-refractivity contribution in [3.8, 4) is 11.1 Å². The Hall–Kier alpha value is -3.21. The van der Waals surface area contributed by atoms with Crippen LogP contribution in [0.1, 0.15) is 37.7 Å². The monoisotopic (exact) mass is 371 g/mol. The number of rotatable bonds is 4. The summed E-state index contributed by atoms with van der Waals surface area (Å²) in [4.78, 5) is 9.21. The van der Waals surface area contributed by atoms with Gasteiger partial charge < -0.3 is 5.32 Å². The van der Waals surface area contributed by atoms with E-state index < -0.39 is 0 Å². The van der Waals surface area contributed by atoms with Gasteiger partial charge in [-0.3, -0.25) is 4.98 Å². The summed E-state index contributed by atoms with van der Waals surface area (Å²) in [6.45, 7) is 9.27. The largest absolute Gasteiger partial charge is 0.366 e. The summed E-state index contributed by atoms with van der Waals surface area (Å²) in [6.07, 6.45) is 3.66. The Morgan fingerprint density at radius 1 is 1.04 bits per heavy atom. The van der Waals surface area contributed by atoms with Crippen LogP contribution in [0.15, 0.2) is 60.9 Å². The van der Waals surface area contributed by atoms with E-state index in [1.54, 1.807) is 6.20 Å². The van der Waals surface area contributed by atoms with Crippen LogP contribution in [0.5, 0.6) is 0 Å². The van der Waals surface area contributed by atoms with Gasteiger partial charge in [0.25, 0.3) is 0 Å². The molecular formula is C23H25N5. The maximum atomic E-state index is 5.01. The van der Waals surface area contributed by atoms with Crippen LogP contribution in [0.3, 0.4) is 0 Å². The second-order valence-electron chi connectivity index (χ2n) is 8.05. The molecule has 0 saturated heterocycles. The molecule has 0 aliphatic heterocycles. The third-order valence-corrected chi connectivity index (χ3v) is 4.79. The SMILES string of the molecule is Cc1nn2c(NCc3cccnc3)cc(C(C)(C)C)nc2c1-c1ccccc1. The van der Waals surface area contributed by atoms with Crippen molar-refractivity contribution < 1.29 is 0 Å². The van der Waals surface area contributed by atoms with E-state index in [1.807, 2.05) is 41.9 Å². The van der Waals surface area contributed by atoms with E-state index in [1.165, 1.54) is 0 Å². The van der Waals surface area contributed by atoms with Gasteiger partial charge in [0, 0.05) is 36.0 Å². The molecule has 0 unspecified atom stereocenters. The highest BCUT2D eigenvalue weighted by molar-refractivity contribution is 5.81. The molecule has 28 heavy (non-hydrogen) atoms. The van der Waals surface area contributed by atoms with Crippen molar-refractivity contribution in [3.63, 3.8) is 0 Å². The van der Waals surface area contributed by atoms with Crippen LogP contribution in [0, 0.1) is 6.92 Å². The number of pyridine rings is 1. The fraction of sp³-hybridized carbons (Fsp3) is 0.261. The zero-order valence-corrected chi connectivity index (χ0v) is 16.8. The van der Waals surface area contributed by atoms with E-state index in [0.717, 1.165) is 39.5 Å². The zero-order chi connectivity index (χ0) is 19.7. The van der Waals surface area contributed by atoms with Crippen LogP contribution in [-0.2, 0) is 12.0 Å². The van der Waals surface area contributed by atoms with Crippen LogP contribution in [-0.4, -0.2) is 19.6 Å². The van der Waals surface area contributed by atoms with Gasteiger partial charge >= 0.3 is 0 Å². The Morgan fingerprint density at radius 2 is 1.82 bits per heavy atom. The maximum absolute atomic E-state index is 5.01. The molecule has 0 radical (unpaired) electrons. The lowest BCUT2D eigenvalue weighted by atomic mass is 9.92. The first-order chi connectivity index (χ1) is 13.4. The molecule has 4 rings (SSSR count). The summed E-state index contributed by atoms with van der Waals surface area (Å²) >= 11 is 0. The number of aromatic nitrogens is 4. The van der Waals surface area contributed by atoms with Gasteiger partial charge in [0.05, 0.1) is 11.4 Å². The smallest absolute Gasteiger partial charge is 0.165 e. The lowest BCUT2D eigenvalue weighted by Gasteiger charge is -2.20. The fourth-order valence-electron chi connectivity index (χ4n) is 3.27.